The molecule has 3 nitrogen and oxygen atoms in total. The molecule has 1 rings (SSSR count). The number of aliphatic hydroxyl groups is 1. The van der Waals surface area contributed by atoms with Crippen LogP contribution >= 0.6 is 0 Å². The number of hydrogen-bond donors (Lipinski definition) is 2. The predicted molar refractivity (Wildman–Crippen MR) is 48.1 cm³/mol. The van der Waals surface area contributed by atoms with Crippen LogP contribution in [-0.2, 0) is 4.74 Å². The summed E-state index contributed by atoms with van der Waals surface area (Å²) in [5.41, 5.74) is 0. The third-order valence-corrected chi connectivity index (χ3v) is 2.14. The number of hydrogen-bond acceptors (Lipinski definition) is 3. The van der Waals surface area contributed by atoms with Gasteiger partial charge < -0.3 is 15.2 Å². The van der Waals surface area contributed by atoms with Crippen LogP contribution in [0.25, 0.3) is 0 Å². The van der Waals surface area contributed by atoms with Gasteiger partial charge in [0.2, 0.25) is 0 Å². The first kappa shape index (κ1) is 9.96. The fourth-order valence-corrected chi connectivity index (χ4v) is 1.34. The molecule has 1 aliphatic rings. The summed E-state index contributed by atoms with van der Waals surface area (Å²) in [4.78, 5) is 0. The highest BCUT2D eigenvalue weighted by molar-refractivity contribution is 4.84. The van der Waals surface area contributed by atoms with Gasteiger partial charge in [-0.25, -0.2) is 0 Å². The van der Waals surface area contributed by atoms with E-state index < -0.39 is 0 Å². The second kappa shape index (κ2) is 5.51. The lowest BCUT2D eigenvalue weighted by Gasteiger charge is -2.32. The molecule has 0 radical (unpaired) electrons. The Morgan fingerprint density at radius 3 is 2.75 bits per heavy atom. The summed E-state index contributed by atoms with van der Waals surface area (Å²) in [6.45, 7) is 4.67. The summed E-state index contributed by atoms with van der Waals surface area (Å²) in [6, 6.07) is 0.533. The van der Waals surface area contributed by atoms with E-state index in [0.717, 1.165) is 39.0 Å². The highest BCUT2D eigenvalue weighted by atomic mass is 16.5. The standard InChI is InChI=1S/C9H19NO2/c1-2-4-12-5-3-10-8-6-9(11)7-8/h8-11H,2-7H2,1H3. The molecule has 0 spiro atoms. The molecule has 0 amide bonds. The monoisotopic (exact) mass is 173 g/mol. The van der Waals surface area contributed by atoms with E-state index in [1.807, 2.05) is 0 Å². The molecule has 1 saturated carbocycles. The van der Waals surface area contributed by atoms with Gasteiger partial charge in [-0.1, -0.05) is 6.92 Å². The highest BCUT2D eigenvalue weighted by Gasteiger charge is 2.25. The average molecular weight is 173 g/mol. The molecular formula is C9H19NO2. The van der Waals surface area contributed by atoms with E-state index in [1.165, 1.54) is 0 Å². The zero-order valence-electron chi connectivity index (χ0n) is 7.75. The average Bonchev–Trinajstić information content (AvgIpc) is 2.00. The molecule has 2 N–H and O–H groups in total. The van der Waals surface area contributed by atoms with Crippen molar-refractivity contribution in [3.8, 4) is 0 Å². The molecule has 0 unspecified atom stereocenters. The van der Waals surface area contributed by atoms with Gasteiger partial charge in [0.25, 0.3) is 0 Å². The Morgan fingerprint density at radius 1 is 1.42 bits per heavy atom. The van der Waals surface area contributed by atoms with Crippen LogP contribution in [0.1, 0.15) is 26.2 Å². The maximum Gasteiger partial charge on any atom is 0.0590 e. The molecule has 0 aromatic carbocycles. The van der Waals surface area contributed by atoms with E-state index in [2.05, 4.69) is 12.2 Å². The molecular weight excluding hydrogens is 154 g/mol. The summed E-state index contributed by atoms with van der Waals surface area (Å²) in [5, 5.41) is 12.3. The molecule has 12 heavy (non-hydrogen) atoms. The van der Waals surface area contributed by atoms with Crippen molar-refractivity contribution in [2.75, 3.05) is 19.8 Å². The van der Waals surface area contributed by atoms with E-state index in [9.17, 15) is 0 Å². The normalized spacial score (nSPS) is 28.5. The van der Waals surface area contributed by atoms with Gasteiger partial charge in [0.15, 0.2) is 0 Å². The van der Waals surface area contributed by atoms with Crippen molar-refractivity contribution >= 4 is 0 Å². The summed E-state index contributed by atoms with van der Waals surface area (Å²) >= 11 is 0. The van der Waals surface area contributed by atoms with Crippen LogP contribution in [0, 0.1) is 0 Å². The zero-order chi connectivity index (χ0) is 8.81. The third kappa shape index (κ3) is 3.52. The molecule has 1 aliphatic carbocycles. The van der Waals surface area contributed by atoms with Crippen molar-refractivity contribution in [2.45, 2.75) is 38.3 Å². The van der Waals surface area contributed by atoms with Crippen LogP contribution in [0.4, 0.5) is 0 Å². The Bertz CT molecular complexity index is 113. The Hall–Kier alpha value is -0.120. The van der Waals surface area contributed by atoms with Crippen LogP contribution in [0.5, 0.6) is 0 Å². The first-order valence-corrected chi connectivity index (χ1v) is 4.82. The van der Waals surface area contributed by atoms with Gasteiger partial charge in [-0.3, -0.25) is 0 Å². The van der Waals surface area contributed by atoms with Gasteiger partial charge in [-0.15, -0.1) is 0 Å². The minimum Gasteiger partial charge on any atom is -0.393 e. The van der Waals surface area contributed by atoms with Crippen LogP contribution < -0.4 is 5.32 Å². The quantitative estimate of drug-likeness (QED) is 0.576. The molecule has 3 heteroatoms. The molecule has 0 bridgehead atoms. The van der Waals surface area contributed by atoms with Gasteiger partial charge in [0.05, 0.1) is 12.7 Å². The van der Waals surface area contributed by atoms with Gasteiger partial charge >= 0.3 is 0 Å². The first-order valence-electron chi connectivity index (χ1n) is 4.82. The van der Waals surface area contributed by atoms with E-state index >= 15 is 0 Å². The SMILES string of the molecule is CCCOCCNC1CC(O)C1. The molecule has 0 heterocycles. The summed E-state index contributed by atoms with van der Waals surface area (Å²) < 4.78 is 5.30. The van der Waals surface area contributed by atoms with Crippen molar-refractivity contribution in [1.82, 2.24) is 5.32 Å². The Morgan fingerprint density at radius 2 is 2.17 bits per heavy atom. The predicted octanol–water partition coefficient (Wildman–Crippen LogP) is 0.526. The second-order valence-corrected chi connectivity index (χ2v) is 3.39. The fourth-order valence-electron chi connectivity index (χ4n) is 1.34. The topological polar surface area (TPSA) is 41.5 Å². The van der Waals surface area contributed by atoms with Crippen molar-refractivity contribution in [1.29, 1.82) is 0 Å². The van der Waals surface area contributed by atoms with Crippen molar-refractivity contribution in [3.05, 3.63) is 0 Å². The van der Waals surface area contributed by atoms with Crippen LogP contribution in [0.2, 0.25) is 0 Å². The lowest BCUT2D eigenvalue weighted by Crippen LogP contribution is -2.45. The maximum absolute atomic E-state index is 8.99. The van der Waals surface area contributed by atoms with Crippen LogP contribution in [0.15, 0.2) is 0 Å². The molecule has 0 saturated heterocycles. The number of aliphatic hydroxyl groups excluding tert-OH is 1. The molecule has 72 valence electrons. The van der Waals surface area contributed by atoms with Gasteiger partial charge in [-0.05, 0) is 19.3 Å². The molecule has 0 aromatic heterocycles. The molecule has 0 aliphatic heterocycles. The number of nitrogens with one attached hydrogen (secondary N) is 1. The van der Waals surface area contributed by atoms with Crippen LogP contribution in [0.3, 0.4) is 0 Å². The molecule has 0 aromatic rings. The lowest BCUT2D eigenvalue weighted by molar-refractivity contribution is 0.0565. The molecule has 1 fully saturated rings. The van der Waals surface area contributed by atoms with Crippen LogP contribution in [-0.4, -0.2) is 37.0 Å². The Balaban J connectivity index is 1.77. The summed E-state index contributed by atoms with van der Waals surface area (Å²) in [6.07, 6.45) is 2.85. The van der Waals surface area contributed by atoms with Crippen molar-refractivity contribution < 1.29 is 9.84 Å². The number of ether oxygens (including phenoxy) is 1. The summed E-state index contributed by atoms with van der Waals surface area (Å²) in [5.74, 6) is 0. The molecule has 0 atom stereocenters. The smallest absolute Gasteiger partial charge is 0.0590 e. The van der Waals surface area contributed by atoms with Crippen molar-refractivity contribution in [3.63, 3.8) is 0 Å². The maximum atomic E-state index is 8.99. The first-order chi connectivity index (χ1) is 5.83. The van der Waals surface area contributed by atoms with E-state index in [4.69, 9.17) is 9.84 Å². The Kier molecular flexibility index (Phi) is 4.58. The zero-order valence-corrected chi connectivity index (χ0v) is 7.75. The number of rotatable bonds is 6. The second-order valence-electron chi connectivity index (χ2n) is 3.39. The van der Waals surface area contributed by atoms with Crippen molar-refractivity contribution in [2.24, 2.45) is 0 Å². The minimum absolute atomic E-state index is 0.0564. The Labute approximate surface area is 74.1 Å². The van der Waals surface area contributed by atoms with E-state index in [1.54, 1.807) is 0 Å². The van der Waals surface area contributed by atoms with E-state index in [0.29, 0.717) is 6.04 Å². The largest absolute Gasteiger partial charge is 0.393 e. The minimum atomic E-state index is -0.0564. The van der Waals surface area contributed by atoms with Gasteiger partial charge in [0.1, 0.15) is 0 Å². The van der Waals surface area contributed by atoms with Gasteiger partial charge in [0, 0.05) is 19.2 Å². The lowest BCUT2D eigenvalue weighted by atomic mass is 9.90. The fraction of sp³-hybridized carbons (Fsp3) is 1.00. The summed E-state index contributed by atoms with van der Waals surface area (Å²) in [7, 11) is 0. The van der Waals surface area contributed by atoms with E-state index in [-0.39, 0.29) is 6.10 Å². The third-order valence-electron chi connectivity index (χ3n) is 2.14. The highest BCUT2D eigenvalue weighted by Crippen LogP contribution is 2.18. The van der Waals surface area contributed by atoms with Gasteiger partial charge in [-0.2, -0.15) is 0 Å².